The smallest absolute Gasteiger partial charge is 0.0671 e. The molecule has 0 heterocycles. The lowest BCUT2D eigenvalue weighted by atomic mass is 10.1. The first-order chi connectivity index (χ1) is 7.02. The van der Waals surface area contributed by atoms with Crippen molar-refractivity contribution in [2.45, 2.75) is 27.2 Å². The van der Waals surface area contributed by atoms with Gasteiger partial charge in [0.25, 0.3) is 0 Å². The van der Waals surface area contributed by atoms with Crippen molar-refractivity contribution in [2.24, 2.45) is 5.92 Å². The second kappa shape index (κ2) is 8.69. The lowest BCUT2D eigenvalue weighted by Gasteiger charge is -2.12. The molecule has 0 saturated carbocycles. The number of hydrogen-bond acceptors (Lipinski definition) is 2. The van der Waals surface area contributed by atoms with Crippen LogP contribution in [-0.4, -0.2) is 26.4 Å². The highest BCUT2D eigenvalue weighted by Gasteiger charge is 2.02. The van der Waals surface area contributed by atoms with Gasteiger partial charge in [0.2, 0.25) is 0 Å². The lowest BCUT2D eigenvalue weighted by Crippen LogP contribution is -2.10. The maximum absolute atomic E-state index is 5.46. The van der Waals surface area contributed by atoms with Gasteiger partial charge >= 0.3 is 0 Å². The van der Waals surface area contributed by atoms with Crippen LogP contribution in [0.1, 0.15) is 27.2 Å². The Morgan fingerprint density at radius 2 is 1.60 bits per heavy atom. The summed E-state index contributed by atoms with van der Waals surface area (Å²) in [4.78, 5) is 0. The Balaban J connectivity index is 3.29. The molecule has 2 heteroatoms. The maximum Gasteiger partial charge on any atom is 0.0671 e. The normalized spacial score (nSPS) is 12.5. The van der Waals surface area contributed by atoms with Gasteiger partial charge in [-0.05, 0) is 26.2 Å². The molecule has 15 heavy (non-hydrogen) atoms. The van der Waals surface area contributed by atoms with Crippen molar-refractivity contribution in [3.8, 4) is 0 Å². The van der Waals surface area contributed by atoms with E-state index in [4.69, 9.17) is 9.47 Å². The SMILES string of the molecule is C=C(C)COCCC(C)COCC(=C)C. The standard InChI is InChI=1S/C13H24O2/c1-11(2)8-14-7-6-13(5)10-15-9-12(3)4/h13H,1,3,6-10H2,2,4-5H3. The molecule has 0 N–H and O–H groups in total. The van der Waals surface area contributed by atoms with E-state index in [-0.39, 0.29) is 0 Å². The molecule has 0 aliphatic heterocycles. The summed E-state index contributed by atoms with van der Waals surface area (Å²) in [5.74, 6) is 0.537. The van der Waals surface area contributed by atoms with Gasteiger partial charge in [-0.25, -0.2) is 0 Å². The van der Waals surface area contributed by atoms with Crippen LogP contribution in [0.5, 0.6) is 0 Å². The predicted octanol–water partition coefficient (Wildman–Crippen LogP) is 3.20. The molecular weight excluding hydrogens is 188 g/mol. The van der Waals surface area contributed by atoms with Gasteiger partial charge in [0.05, 0.1) is 13.2 Å². The van der Waals surface area contributed by atoms with Crippen molar-refractivity contribution in [1.29, 1.82) is 0 Å². The van der Waals surface area contributed by atoms with Crippen LogP contribution in [0.2, 0.25) is 0 Å². The molecule has 0 aliphatic rings. The van der Waals surface area contributed by atoms with Crippen LogP contribution in [0.15, 0.2) is 24.3 Å². The van der Waals surface area contributed by atoms with Crippen LogP contribution in [0.4, 0.5) is 0 Å². The molecule has 0 saturated heterocycles. The monoisotopic (exact) mass is 212 g/mol. The van der Waals surface area contributed by atoms with E-state index in [0.29, 0.717) is 19.1 Å². The minimum Gasteiger partial charge on any atom is -0.377 e. The van der Waals surface area contributed by atoms with Crippen LogP contribution in [0.25, 0.3) is 0 Å². The third-order valence-corrected chi connectivity index (χ3v) is 1.85. The fourth-order valence-corrected chi connectivity index (χ4v) is 1.05. The maximum atomic E-state index is 5.46. The minimum atomic E-state index is 0.537. The molecule has 0 fully saturated rings. The fourth-order valence-electron chi connectivity index (χ4n) is 1.05. The van der Waals surface area contributed by atoms with Crippen molar-refractivity contribution in [3.05, 3.63) is 24.3 Å². The van der Waals surface area contributed by atoms with Gasteiger partial charge in [-0.1, -0.05) is 31.2 Å². The van der Waals surface area contributed by atoms with E-state index >= 15 is 0 Å². The zero-order chi connectivity index (χ0) is 11.7. The summed E-state index contributed by atoms with van der Waals surface area (Å²) in [7, 11) is 0. The molecule has 88 valence electrons. The molecule has 1 unspecified atom stereocenters. The summed E-state index contributed by atoms with van der Waals surface area (Å²) in [5.41, 5.74) is 2.14. The zero-order valence-electron chi connectivity index (χ0n) is 10.3. The third kappa shape index (κ3) is 11.3. The second-order valence-electron chi connectivity index (χ2n) is 4.38. The highest BCUT2D eigenvalue weighted by atomic mass is 16.5. The predicted molar refractivity (Wildman–Crippen MR) is 65.0 cm³/mol. The molecule has 1 atom stereocenters. The highest BCUT2D eigenvalue weighted by molar-refractivity contribution is 4.87. The minimum absolute atomic E-state index is 0.537. The quantitative estimate of drug-likeness (QED) is 0.431. The van der Waals surface area contributed by atoms with Gasteiger partial charge in [0.15, 0.2) is 0 Å². The van der Waals surface area contributed by atoms with E-state index in [0.717, 1.165) is 30.8 Å². The summed E-state index contributed by atoms with van der Waals surface area (Å²) in [5, 5.41) is 0. The van der Waals surface area contributed by atoms with E-state index in [9.17, 15) is 0 Å². The van der Waals surface area contributed by atoms with E-state index < -0.39 is 0 Å². The van der Waals surface area contributed by atoms with Crippen LogP contribution in [0, 0.1) is 5.92 Å². The van der Waals surface area contributed by atoms with Crippen molar-refractivity contribution < 1.29 is 9.47 Å². The van der Waals surface area contributed by atoms with Gasteiger partial charge in [0, 0.05) is 13.2 Å². The molecule has 0 bridgehead atoms. The second-order valence-corrected chi connectivity index (χ2v) is 4.38. The topological polar surface area (TPSA) is 18.5 Å². The average molecular weight is 212 g/mol. The van der Waals surface area contributed by atoms with E-state index in [1.54, 1.807) is 0 Å². The van der Waals surface area contributed by atoms with Crippen molar-refractivity contribution >= 4 is 0 Å². The molecule has 0 amide bonds. The number of ether oxygens (including phenoxy) is 2. The Bertz CT molecular complexity index is 197. The fraction of sp³-hybridized carbons (Fsp3) is 0.692. The average Bonchev–Trinajstić information content (AvgIpc) is 2.11. The highest BCUT2D eigenvalue weighted by Crippen LogP contribution is 2.04. The van der Waals surface area contributed by atoms with Gasteiger partial charge in [-0.15, -0.1) is 0 Å². The van der Waals surface area contributed by atoms with Gasteiger partial charge in [-0.2, -0.15) is 0 Å². The first-order valence-electron chi connectivity index (χ1n) is 5.46. The first-order valence-corrected chi connectivity index (χ1v) is 5.46. The van der Waals surface area contributed by atoms with Crippen LogP contribution >= 0.6 is 0 Å². The Labute approximate surface area is 94.0 Å². The summed E-state index contributed by atoms with van der Waals surface area (Å²) in [6.45, 7) is 16.6. The molecule has 0 spiro atoms. The van der Waals surface area contributed by atoms with E-state index in [1.165, 1.54) is 0 Å². The van der Waals surface area contributed by atoms with Crippen LogP contribution in [-0.2, 0) is 9.47 Å². The van der Waals surface area contributed by atoms with Gasteiger partial charge in [-0.3, -0.25) is 0 Å². The molecule has 2 nitrogen and oxygen atoms in total. The molecule has 0 aliphatic carbocycles. The summed E-state index contributed by atoms with van der Waals surface area (Å²) >= 11 is 0. The summed E-state index contributed by atoms with van der Waals surface area (Å²) in [6, 6.07) is 0. The van der Waals surface area contributed by atoms with Gasteiger partial charge in [0.1, 0.15) is 0 Å². The van der Waals surface area contributed by atoms with Gasteiger partial charge < -0.3 is 9.47 Å². The van der Waals surface area contributed by atoms with Crippen LogP contribution < -0.4 is 0 Å². The number of rotatable bonds is 9. The Hall–Kier alpha value is -0.600. The number of hydrogen-bond donors (Lipinski definition) is 0. The lowest BCUT2D eigenvalue weighted by molar-refractivity contribution is 0.0925. The third-order valence-electron chi connectivity index (χ3n) is 1.85. The Morgan fingerprint density at radius 3 is 2.13 bits per heavy atom. The molecule has 0 rings (SSSR count). The largest absolute Gasteiger partial charge is 0.377 e. The van der Waals surface area contributed by atoms with E-state index in [1.807, 2.05) is 13.8 Å². The molecule has 0 aromatic heterocycles. The summed E-state index contributed by atoms with van der Waals surface area (Å²) < 4.78 is 10.9. The Morgan fingerprint density at radius 1 is 1.07 bits per heavy atom. The van der Waals surface area contributed by atoms with E-state index in [2.05, 4.69) is 20.1 Å². The molecule has 0 radical (unpaired) electrons. The summed E-state index contributed by atoms with van der Waals surface area (Å²) in [6.07, 6.45) is 1.03. The Kier molecular flexibility index (Phi) is 8.34. The van der Waals surface area contributed by atoms with Crippen molar-refractivity contribution in [1.82, 2.24) is 0 Å². The van der Waals surface area contributed by atoms with Crippen molar-refractivity contribution in [3.63, 3.8) is 0 Å². The zero-order valence-corrected chi connectivity index (χ0v) is 10.3. The molecular formula is C13H24O2. The molecule has 0 aromatic carbocycles. The first kappa shape index (κ1) is 14.4. The van der Waals surface area contributed by atoms with Crippen LogP contribution in [0.3, 0.4) is 0 Å². The van der Waals surface area contributed by atoms with Crippen molar-refractivity contribution in [2.75, 3.05) is 26.4 Å². The molecule has 0 aromatic rings.